The lowest BCUT2D eigenvalue weighted by molar-refractivity contribution is 0.135. The summed E-state index contributed by atoms with van der Waals surface area (Å²) >= 11 is 1.85. The highest BCUT2D eigenvalue weighted by molar-refractivity contribution is 7.10. The normalized spacial score (nSPS) is 19.6. The molecule has 0 saturated heterocycles. The molecule has 0 saturated carbocycles. The molecule has 0 spiro atoms. The highest BCUT2D eigenvalue weighted by Gasteiger charge is 2.27. The number of fused-ring (bicyclic) bond motifs is 1. The van der Waals surface area contributed by atoms with Crippen LogP contribution in [0.3, 0.4) is 0 Å². The molecule has 1 aliphatic carbocycles. The average molecular weight is 286 g/mol. The quantitative estimate of drug-likeness (QED) is 0.886. The number of aryl methyl sites for hydroxylation is 2. The zero-order valence-electron chi connectivity index (χ0n) is 12.0. The molecule has 2 heteroatoms. The van der Waals surface area contributed by atoms with Crippen molar-refractivity contribution in [3.8, 4) is 0 Å². The zero-order chi connectivity index (χ0) is 13.9. The maximum atomic E-state index is 10.6. The topological polar surface area (TPSA) is 20.2 Å². The van der Waals surface area contributed by atoms with E-state index < -0.39 is 0 Å². The summed E-state index contributed by atoms with van der Waals surface area (Å²) < 4.78 is 0. The van der Waals surface area contributed by atoms with Crippen molar-refractivity contribution in [2.45, 2.75) is 51.0 Å². The maximum absolute atomic E-state index is 10.6. The van der Waals surface area contributed by atoms with Crippen LogP contribution in [0, 0.1) is 0 Å². The van der Waals surface area contributed by atoms with Crippen molar-refractivity contribution < 1.29 is 5.11 Å². The van der Waals surface area contributed by atoms with E-state index >= 15 is 0 Å². The molecule has 1 N–H and O–H groups in total. The monoisotopic (exact) mass is 286 g/mol. The van der Waals surface area contributed by atoms with Crippen LogP contribution in [0.4, 0.5) is 0 Å². The lowest BCUT2D eigenvalue weighted by Gasteiger charge is -2.27. The Morgan fingerprint density at radius 2 is 1.95 bits per heavy atom. The summed E-state index contributed by atoms with van der Waals surface area (Å²) in [6.45, 7) is 2.17. The Hall–Kier alpha value is -1.12. The van der Waals surface area contributed by atoms with E-state index in [1.54, 1.807) is 0 Å². The van der Waals surface area contributed by atoms with E-state index in [1.807, 2.05) is 11.3 Å². The summed E-state index contributed by atoms with van der Waals surface area (Å²) in [6.07, 6.45) is 5.12. The largest absolute Gasteiger partial charge is 0.392 e. The van der Waals surface area contributed by atoms with Gasteiger partial charge in [0.2, 0.25) is 0 Å². The third kappa shape index (κ3) is 2.82. The van der Waals surface area contributed by atoms with Crippen molar-refractivity contribution in [2.24, 2.45) is 0 Å². The highest BCUT2D eigenvalue weighted by atomic mass is 32.1. The Morgan fingerprint density at radius 1 is 1.20 bits per heavy atom. The molecule has 1 heterocycles. The van der Waals surface area contributed by atoms with Crippen molar-refractivity contribution in [2.75, 3.05) is 0 Å². The van der Waals surface area contributed by atoms with Gasteiger partial charge in [-0.3, -0.25) is 0 Å². The number of rotatable bonds is 4. The first-order valence-corrected chi connectivity index (χ1v) is 8.48. The fourth-order valence-corrected chi connectivity index (χ4v) is 4.21. The second-order valence-electron chi connectivity index (χ2n) is 5.74. The van der Waals surface area contributed by atoms with Crippen LogP contribution in [0.15, 0.2) is 35.7 Å². The van der Waals surface area contributed by atoms with Crippen molar-refractivity contribution in [1.29, 1.82) is 0 Å². The Kier molecular flexibility index (Phi) is 4.23. The number of hydrogen-bond donors (Lipinski definition) is 1. The molecule has 3 rings (SSSR count). The fraction of sp³-hybridized carbons (Fsp3) is 0.444. The SMILES string of the molecule is CCc1ccc(CC(O)C2CCCc3sccc32)cc1. The van der Waals surface area contributed by atoms with Gasteiger partial charge in [-0.15, -0.1) is 11.3 Å². The number of benzene rings is 1. The number of thiophene rings is 1. The van der Waals surface area contributed by atoms with Gasteiger partial charge in [-0.1, -0.05) is 31.2 Å². The van der Waals surface area contributed by atoms with Gasteiger partial charge in [0, 0.05) is 10.8 Å². The zero-order valence-corrected chi connectivity index (χ0v) is 12.8. The molecule has 0 radical (unpaired) electrons. The van der Waals surface area contributed by atoms with Crippen LogP contribution in [-0.2, 0) is 19.3 Å². The summed E-state index contributed by atoms with van der Waals surface area (Å²) in [7, 11) is 0. The van der Waals surface area contributed by atoms with Crippen LogP contribution in [0.2, 0.25) is 0 Å². The van der Waals surface area contributed by atoms with Gasteiger partial charge in [0.25, 0.3) is 0 Å². The Bertz CT molecular complexity index is 555. The van der Waals surface area contributed by atoms with Crippen LogP contribution < -0.4 is 0 Å². The van der Waals surface area contributed by atoms with E-state index in [9.17, 15) is 5.11 Å². The second kappa shape index (κ2) is 6.11. The summed E-state index contributed by atoms with van der Waals surface area (Å²) in [6, 6.07) is 10.9. The first kappa shape index (κ1) is 13.8. The van der Waals surface area contributed by atoms with Gasteiger partial charge in [-0.25, -0.2) is 0 Å². The van der Waals surface area contributed by atoms with Gasteiger partial charge in [0.05, 0.1) is 6.10 Å². The van der Waals surface area contributed by atoms with Crippen LogP contribution >= 0.6 is 11.3 Å². The van der Waals surface area contributed by atoms with Gasteiger partial charge >= 0.3 is 0 Å². The van der Waals surface area contributed by atoms with Gasteiger partial charge < -0.3 is 5.11 Å². The molecular weight excluding hydrogens is 264 g/mol. The predicted octanol–water partition coefficient (Wildman–Crippen LogP) is 4.33. The Balaban J connectivity index is 1.72. The molecule has 0 aliphatic heterocycles. The molecule has 106 valence electrons. The van der Waals surface area contributed by atoms with Crippen molar-refractivity contribution in [3.63, 3.8) is 0 Å². The number of hydrogen-bond acceptors (Lipinski definition) is 2. The molecule has 0 amide bonds. The lowest BCUT2D eigenvalue weighted by atomic mass is 9.82. The van der Waals surface area contributed by atoms with Gasteiger partial charge in [0.15, 0.2) is 0 Å². The Labute approximate surface area is 125 Å². The number of aliphatic hydroxyl groups excluding tert-OH is 1. The molecule has 2 atom stereocenters. The molecule has 2 unspecified atom stereocenters. The van der Waals surface area contributed by atoms with Crippen molar-refractivity contribution in [1.82, 2.24) is 0 Å². The van der Waals surface area contributed by atoms with Gasteiger partial charge in [0.1, 0.15) is 0 Å². The Morgan fingerprint density at radius 3 is 2.70 bits per heavy atom. The third-order valence-corrected chi connectivity index (χ3v) is 5.44. The second-order valence-corrected chi connectivity index (χ2v) is 6.74. The van der Waals surface area contributed by atoms with Crippen molar-refractivity contribution >= 4 is 11.3 Å². The maximum Gasteiger partial charge on any atom is 0.0649 e. The first-order valence-electron chi connectivity index (χ1n) is 7.60. The summed E-state index contributed by atoms with van der Waals surface area (Å²) in [5.74, 6) is 0.329. The lowest BCUT2D eigenvalue weighted by Crippen LogP contribution is -2.24. The van der Waals surface area contributed by atoms with Crippen LogP contribution in [0.25, 0.3) is 0 Å². The molecule has 2 aromatic rings. The molecule has 1 aromatic heterocycles. The third-order valence-electron chi connectivity index (χ3n) is 4.44. The highest BCUT2D eigenvalue weighted by Crippen LogP contribution is 2.37. The molecule has 0 bridgehead atoms. The molecule has 1 aromatic carbocycles. The predicted molar refractivity (Wildman–Crippen MR) is 85.5 cm³/mol. The molecular formula is C18H22OS. The van der Waals surface area contributed by atoms with Crippen molar-refractivity contribution in [3.05, 3.63) is 57.3 Å². The summed E-state index contributed by atoms with van der Waals surface area (Å²) in [4.78, 5) is 1.49. The van der Waals surface area contributed by atoms with E-state index in [2.05, 4.69) is 42.6 Å². The average Bonchev–Trinajstić information content (AvgIpc) is 2.96. The van der Waals surface area contributed by atoms with Crippen LogP contribution in [0.5, 0.6) is 0 Å². The van der Waals surface area contributed by atoms with Crippen LogP contribution in [-0.4, -0.2) is 11.2 Å². The standard InChI is InChI=1S/C18H22OS/c1-2-13-6-8-14(9-7-13)12-17(19)15-4-3-5-18-16(15)10-11-20-18/h6-11,15,17,19H,2-5,12H2,1H3. The minimum Gasteiger partial charge on any atom is -0.392 e. The van der Waals surface area contributed by atoms with Gasteiger partial charge in [-0.2, -0.15) is 0 Å². The van der Waals surface area contributed by atoms with E-state index in [4.69, 9.17) is 0 Å². The molecule has 20 heavy (non-hydrogen) atoms. The minimum atomic E-state index is -0.254. The minimum absolute atomic E-state index is 0.254. The number of aliphatic hydroxyl groups is 1. The summed E-state index contributed by atoms with van der Waals surface area (Å²) in [5, 5.41) is 12.8. The van der Waals surface area contributed by atoms with Gasteiger partial charge in [-0.05, 0) is 60.2 Å². The van der Waals surface area contributed by atoms with Crippen LogP contribution in [0.1, 0.15) is 47.3 Å². The van der Waals surface area contributed by atoms with E-state index in [0.717, 1.165) is 19.3 Å². The molecule has 0 fully saturated rings. The van der Waals surface area contributed by atoms with E-state index in [0.29, 0.717) is 5.92 Å². The van der Waals surface area contributed by atoms with E-state index in [1.165, 1.54) is 34.4 Å². The molecule has 1 nitrogen and oxygen atoms in total. The van der Waals surface area contributed by atoms with E-state index in [-0.39, 0.29) is 6.10 Å². The fourth-order valence-electron chi connectivity index (χ4n) is 3.22. The summed E-state index contributed by atoms with van der Waals surface area (Å²) in [5.41, 5.74) is 4.01. The smallest absolute Gasteiger partial charge is 0.0649 e. The first-order chi connectivity index (χ1) is 9.78. The molecule has 1 aliphatic rings.